The molecule has 0 unspecified atom stereocenters. The van der Waals surface area contributed by atoms with E-state index in [9.17, 15) is 22.4 Å². The molecule has 38 heavy (non-hydrogen) atoms. The summed E-state index contributed by atoms with van der Waals surface area (Å²) in [6.45, 7) is 4.73. The number of hydrogen-bond acceptors (Lipinski definition) is 5. The average molecular weight is 530 g/mol. The number of nitrogens with zero attached hydrogens (tertiary/aromatic N) is 1. The molecule has 0 aliphatic rings. The monoisotopic (exact) mass is 529 g/mol. The first kappa shape index (κ1) is 26.9. The fourth-order valence-electron chi connectivity index (χ4n) is 4.07. The first-order valence-electron chi connectivity index (χ1n) is 12.0. The predicted molar refractivity (Wildman–Crippen MR) is 148 cm³/mol. The molecule has 194 valence electrons. The van der Waals surface area contributed by atoms with Crippen molar-refractivity contribution in [3.63, 3.8) is 0 Å². The molecule has 0 fully saturated rings. The van der Waals surface area contributed by atoms with Gasteiger partial charge < -0.3 is 4.90 Å². The number of rotatable bonds is 8. The van der Waals surface area contributed by atoms with Crippen molar-refractivity contribution >= 4 is 32.8 Å². The summed E-state index contributed by atoms with van der Waals surface area (Å²) in [6, 6.07) is 25.6. The molecule has 7 heteroatoms. The van der Waals surface area contributed by atoms with Crippen LogP contribution in [0.3, 0.4) is 0 Å². The van der Waals surface area contributed by atoms with E-state index in [0.29, 0.717) is 16.7 Å². The largest absolute Gasteiger partial charge is 0.345 e. The Balaban J connectivity index is 1.51. The topological polar surface area (TPSA) is 71.5 Å². The van der Waals surface area contributed by atoms with Gasteiger partial charge in [-0.25, -0.2) is 12.8 Å². The number of Topliss-reactive ketones (excluding diaryl/α,β-unsaturated/α-hetero) is 1. The summed E-state index contributed by atoms with van der Waals surface area (Å²) in [5.41, 5.74) is 3.69. The van der Waals surface area contributed by atoms with Crippen LogP contribution in [-0.4, -0.2) is 31.8 Å². The molecule has 0 N–H and O–H groups in total. The Bertz CT molecular complexity index is 1570. The Morgan fingerprint density at radius 2 is 1.11 bits per heavy atom. The molecule has 5 nitrogen and oxygen atoms in total. The summed E-state index contributed by atoms with van der Waals surface area (Å²) in [5, 5.41) is 0. The van der Waals surface area contributed by atoms with Crippen molar-refractivity contribution < 1.29 is 22.4 Å². The number of ketones is 2. The Morgan fingerprint density at radius 3 is 1.58 bits per heavy atom. The van der Waals surface area contributed by atoms with Crippen LogP contribution in [-0.2, 0) is 9.84 Å². The Labute approximate surface area is 222 Å². The summed E-state index contributed by atoms with van der Waals surface area (Å²) in [5.74, 6) is -1.09. The maximum atomic E-state index is 13.3. The summed E-state index contributed by atoms with van der Waals surface area (Å²) < 4.78 is 38.0. The minimum absolute atomic E-state index is 0.110. The van der Waals surface area contributed by atoms with Gasteiger partial charge in [-0.1, -0.05) is 17.7 Å². The maximum Gasteiger partial charge on any atom is 0.193 e. The van der Waals surface area contributed by atoms with Crippen LogP contribution in [0.1, 0.15) is 45.7 Å². The number of benzene rings is 4. The fraction of sp³-hybridized carbons (Fsp3) is 0.161. The van der Waals surface area contributed by atoms with Crippen molar-refractivity contribution in [1.82, 2.24) is 0 Å². The fourth-order valence-corrected chi connectivity index (χ4v) is 5.52. The van der Waals surface area contributed by atoms with E-state index in [4.69, 9.17) is 0 Å². The lowest BCUT2D eigenvalue weighted by molar-refractivity contribution is 0.0953. The molecule has 0 radical (unpaired) electrons. The van der Waals surface area contributed by atoms with Crippen molar-refractivity contribution in [2.24, 2.45) is 0 Å². The molecule has 0 amide bonds. The van der Waals surface area contributed by atoms with E-state index in [2.05, 4.69) is 0 Å². The van der Waals surface area contributed by atoms with Gasteiger partial charge in [0.25, 0.3) is 0 Å². The molecule has 0 aromatic heterocycles. The van der Waals surface area contributed by atoms with Gasteiger partial charge in [0, 0.05) is 35.1 Å². The van der Waals surface area contributed by atoms with E-state index in [1.54, 1.807) is 60.7 Å². The van der Waals surface area contributed by atoms with Crippen molar-refractivity contribution in [2.75, 3.05) is 11.9 Å². The zero-order valence-corrected chi connectivity index (χ0v) is 22.4. The molecule has 0 aliphatic carbocycles. The van der Waals surface area contributed by atoms with Gasteiger partial charge in [0.05, 0.1) is 4.90 Å². The Morgan fingerprint density at radius 1 is 0.684 bits per heavy atom. The van der Waals surface area contributed by atoms with Crippen LogP contribution >= 0.6 is 0 Å². The normalized spacial score (nSPS) is 11.7. The van der Waals surface area contributed by atoms with Crippen molar-refractivity contribution in [3.05, 3.63) is 125 Å². The number of halogens is 1. The second-order valence-corrected chi connectivity index (χ2v) is 12.1. The molecule has 0 bridgehead atoms. The Hall–Kier alpha value is -4.10. The lowest BCUT2D eigenvalue weighted by Crippen LogP contribution is -2.40. The number of sulfone groups is 1. The van der Waals surface area contributed by atoms with Crippen LogP contribution in [0.2, 0.25) is 0 Å². The van der Waals surface area contributed by atoms with Gasteiger partial charge in [0.2, 0.25) is 0 Å². The van der Waals surface area contributed by atoms with E-state index in [0.717, 1.165) is 16.9 Å². The molecule has 4 rings (SSSR count). The molecule has 0 atom stereocenters. The zero-order valence-electron chi connectivity index (χ0n) is 21.6. The summed E-state index contributed by atoms with van der Waals surface area (Å²) >= 11 is 0. The standard InChI is InChI=1S/C31H28FNO4S/c1-21-5-19-28(20-6-21)38(36,37)31(2,3)30(35)24-11-17-27(18-12-24)33(4)26-15-9-23(10-16-26)29(34)22-7-13-25(32)14-8-22/h5-20H,1-4H3. The minimum atomic E-state index is -3.91. The third kappa shape index (κ3) is 5.15. The number of carbonyl (C=O) groups is 2. The number of anilines is 2. The molecule has 0 heterocycles. The van der Waals surface area contributed by atoms with E-state index in [1.807, 2.05) is 18.9 Å². The quantitative estimate of drug-likeness (QED) is 0.242. The molecule has 0 spiro atoms. The summed E-state index contributed by atoms with van der Waals surface area (Å²) in [6.07, 6.45) is 0. The molecular formula is C31H28FNO4S. The SMILES string of the molecule is Cc1ccc(S(=O)(=O)C(C)(C)C(=O)c2ccc(N(C)c3ccc(C(=O)c4ccc(F)cc4)cc3)cc2)cc1. The smallest absolute Gasteiger partial charge is 0.193 e. The molecule has 4 aromatic carbocycles. The van der Waals surface area contributed by atoms with E-state index in [1.165, 1.54) is 50.2 Å². The number of aryl methyl sites for hydroxylation is 1. The van der Waals surface area contributed by atoms with Crippen LogP contribution in [0.25, 0.3) is 0 Å². The van der Waals surface area contributed by atoms with E-state index >= 15 is 0 Å². The van der Waals surface area contributed by atoms with Gasteiger partial charge in [-0.05, 0) is 106 Å². The third-order valence-electron chi connectivity index (χ3n) is 6.69. The predicted octanol–water partition coefficient (Wildman–Crippen LogP) is 6.57. The lowest BCUT2D eigenvalue weighted by Gasteiger charge is -2.24. The van der Waals surface area contributed by atoms with Crippen molar-refractivity contribution in [2.45, 2.75) is 30.4 Å². The first-order chi connectivity index (χ1) is 17.9. The molecule has 0 saturated carbocycles. The van der Waals surface area contributed by atoms with Gasteiger partial charge in [-0.15, -0.1) is 0 Å². The molecular weight excluding hydrogens is 501 g/mol. The summed E-state index contributed by atoms with van der Waals surface area (Å²) in [7, 11) is -2.06. The first-order valence-corrected chi connectivity index (χ1v) is 13.5. The Kier molecular flexibility index (Phi) is 7.33. The maximum absolute atomic E-state index is 13.3. The minimum Gasteiger partial charge on any atom is -0.345 e. The van der Waals surface area contributed by atoms with Crippen LogP contribution in [0, 0.1) is 12.7 Å². The number of carbonyl (C=O) groups excluding carboxylic acids is 2. The van der Waals surface area contributed by atoms with Crippen LogP contribution in [0.15, 0.2) is 102 Å². The van der Waals surface area contributed by atoms with Gasteiger partial charge in [-0.3, -0.25) is 9.59 Å². The highest BCUT2D eigenvalue weighted by molar-refractivity contribution is 7.93. The van der Waals surface area contributed by atoms with E-state index < -0.39 is 26.2 Å². The van der Waals surface area contributed by atoms with Gasteiger partial charge in [0.1, 0.15) is 10.6 Å². The van der Waals surface area contributed by atoms with Crippen LogP contribution in [0.4, 0.5) is 15.8 Å². The highest BCUT2D eigenvalue weighted by atomic mass is 32.2. The average Bonchev–Trinajstić information content (AvgIpc) is 2.92. The van der Waals surface area contributed by atoms with Crippen molar-refractivity contribution in [1.29, 1.82) is 0 Å². The van der Waals surface area contributed by atoms with Crippen LogP contribution in [0.5, 0.6) is 0 Å². The number of hydrogen-bond donors (Lipinski definition) is 0. The third-order valence-corrected chi connectivity index (χ3v) is 9.11. The highest BCUT2D eigenvalue weighted by Crippen LogP contribution is 2.31. The lowest BCUT2D eigenvalue weighted by atomic mass is 10.00. The highest BCUT2D eigenvalue weighted by Gasteiger charge is 2.43. The molecule has 4 aromatic rings. The van der Waals surface area contributed by atoms with E-state index in [-0.39, 0.29) is 10.7 Å². The second kappa shape index (κ2) is 10.3. The van der Waals surface area contributed by atoms with Gasteiger partial charge >= 0.3 is 0 Å². The van der Waals surface area contributed by atoms with Crippen molar-refractivity contribution in [3.8, 4) is 0 Å². The molecule has 0 aliphatic heterocycles. The van der Waals surface area contributed by atoms with Crippen LogP contribution < -0.4 is 4.90 Å². The van der Waals surface area contributed by atoms with Gasteiger partial charge in [0.15, 0.2) is 21.4 Å². The summed E-state index contributed by atoms with van der Waals surface area (Å²) in [4.78, 5) is 27.9. The second-order valence-electron chi connectivity index (χ2n) is 9.64. The molecule has 0 saturated heterocycles. The zero-order chi connectivity index (χ0) is 27.7. The van der Waals surface area contributed by atoms with Gasteiger partial charge in [-0.2, -0.15) is 0 Å².